The van der Waals surface area contributed by atoms with Crippen molar-refractivity contribution >= 4 is 17.1 Å². The third-order valence-electron chi connectivity index (χ3n) is 1.61. The van der Waals surface area contributed by atoms with Crippen molar-refractivity contribution in [3.05, 3.63) is 18.9 Å². The van der Waals surface area contributed by atoms with Gasteiger partial charge in [-0.2, -0.15) is 0 Å². The van der Waals surface area contributed by atoms with Gasteiger partial charge in [0.15, 0.2) is 5.65 Å². The molecule has 0 aliphatic carbocycles. The SMILES string of the molecule is O=C(O)Cn1cnc2ncncc21. The van der Waals surface area contributed by atoms with E-state index in [4.69, 9.17) is 5.11 Å². The Morgan fingerprint density at radius 2 is 2.38 bits per heavy atom. The van der Waals surface area contributed by atoms with E-state index < -0.39 is 5.97 Å². The summed E-state index contributed by atoms with van der Waals surface area (Å²) in [6, 6.07) is 0. The zero-order chi connectivity index (χ0) is 9.26. The van der Waals surface area contributed by atoms with Crippen LogP contribution in [0.5, 0.6) is 0 Å². The van der Waals surface area contributed by atoms with Crippen molar-refractivity contribution in [2.75, 3.05) is 0 Å². The highest BCUT2D eigenvalue weighted by molar-refractivity contribution is 5.73. The molecule has 0 amide bonds. The first-order valence-electron chi connectivity index (χ1n) is 3.60. The van der Waals surface area contributed by atoms with Crippen molar-refractivity contribution in [2.24, 2.45) is 0 Å². The first-order valence-corrected chi connectivity index (χ1v) is 3.60. The number of carboxylic acids is 1. The fourth-order valence-electron chi connectivity index (χ4n) is 1.08. The largest absolute Gasteiger partial charge is 0.480 e. The second-order valence-electron chi connectivity index (χ2n) is 2.50. The molecule has 0 bridgehead atoms. The summed E-state index contributed by atoms with van der Waals surface area (Å²) >= 11 is 0. The molecule has 2 aromatic rings. The first kappa shape index (κ1) is 7.66. The van der Waals surface area contributed by atoms with E-state index in [1.165, 1.54) is 23.4 Å². The van der Waals surface area contributed by atoms with E-state index in [1.807, 2.05) is 0 Å². The number of imidazole rings is 1. The molecule has 0 saturated heterocycles. The van der Waals surface area contributed by atoms with Gasteiger partial charge in [0.25, 0.3) is 0 Å². The molecule has 0 aliphatic heterocycles. The summed E-state index contributed by atoms with van der Waals surface area (Å²) in [6.45, 7) is -0.121. The minimum absolute atomic E-state index is 0.121. The van der Waals surface area contributed by atoms with E-state index >= 15 is 0 Å². The Hall–Kier alpha value is -1.98. The Bertz CT molecular complexity index is 450. The van der Waals surface area contributed by atoms with Crippen LogP contribution in [0.1, 0.15) is 0 Å². The Kier molecular flexibility index (Phi) is 1.66. The number of carboxylic acid groups (broad SMARTS) is 1. The third-order valence-corrected chi connectivity index (χ3v) is 1.61. The van der Waals surface area contributed by atoms with Gasteiger partial charge in [-0.25, -0.2) is 15.0 Å². The van der Waals surface area contributed by atoms with Gasteiger partial charge in [0.2, 0.25) is 0 Å². The van der Waals surface area contributed by atoms with E-state index in [-0.39, 0.29) is 6.54 Å². The van der Waals surface area contributed by atoms with Crippen LogP contribution in [0.2, 0.25) is 0 Å². The smallest absolute Gasteiger partial charge is 0.323 e. The number of aromatic nitrogens is 4. The molecule has 13 heavy (non-hydrogen) atoms. The average molecular weight is 178 g/mol. The molecule has 2 heterocycles. The summed E-state index contributed by atoms with van der Waals surface area (Å²) in [5.41, 5.74) is 1.14. The van der Waals surface area contributed by atoms with Gasteiger partial charge >= 0.3 is 5.97 Å². The number of carbonyl (C=O) groups is 1. The molecule has 0 aliphatic rings. The maximum Gasteiger partial charge on any atom is 0.323 e. The van der Waals surface area contributed by atoms with Gasteiger partial charge in [-0.15, -0.1) is 0 Å². The predicted octanol–water partition coefficient (Wildman–Crippen LogP) is -0.0891. The molecule has 6 nitrogen and oxygen atoms in total. The topological polar surface area (TPSA) is 80.9 Å². The Labute approximate surface area is 72.9 Å². The van der Waals surface area contributed by atoms with Gasteiger partial charge in [0.1, 0.15) is 18.4 Å². The van der Waals surface area contributed by atoms with Crippen molar-refractivity contribution in [3.8, 4) is 0 Å². The second kappa shape index (κ2) is 2.81. The third kappa shape index (κ3) is 1.33. The lowest BCUT2D eigenvalue weighted by Crippen LogP contribution is -2.07. The second-order valence-corrected chi connectivity index (χ2v) is 2.50. The van der Waals surface area contributed by atoms with Crippen LogP contribution in [0.4, 0.5) is 0 Å². The van der Waals surface area contributed by atoms with Crippen molar-refractivity contribution in [1.29, 1.82) is 0 Å². The minimum Gasteiger partial charge on any atom is -0.480 e. The monoisotopic (exact) mass is 178 g/mol. The highest BCUT2D eigenvalue weighted by Crippen LogP contribution is 2.06. The highest BCUT2D eigenvalue weighted by atomic mass is 16.4. The number of aliphatic carboxylic acids is 1. The van der Waals surface area contributed by atoms with Gasteiger partial charge < -0.3 is 9.67 Å². The van der Waals surface area contributed by atoms with Crippen molar-refractivity contribution in [2.45, 2.75) is 6.54 Å². The zero-order valence-corrected chi connectivity index (χ0v) is 6.58. The van der Waals surface area contributed by atoms with E-state index in [9.17, 15) is 4.79 Å². The summed E-state index contributed by atoms with van der Waals surface area (Å²) in [5.74, 6) is -0.914. The molecule has 2 rings (SSSR count). The first-order chi connectivity index (χ1) is 6.27. The normalized spacial score (nSPS) is 10.5. The number of rotatable bonds is 2. The summed E-state index contributed by atoms with van der Waals surface area (Å²) in [5, 5.41) is 8.56. The van der Waals surface area contributed by atoms with Crippen molar-refractivity contribution in [3.63, 3.8) is 0 Å². The lowest BCUT2D eigenvalue weighted by molar-refractivity contribution is -0.137. The summed E-state index contributed by atoms with van der Waals surface area (Å²) in [7, 11) is 0. The van der Waals surface area contributed by atoms with Crippen LogP contribution in [0.25, 0.3) is 11.2 Å². The average Bonchev–Trinajstić information content (AvgIpc) is 2.48. The summed E-state index contributed by atoms with van der Waals surface area (Å²) in [4.78, 5) is 22.0. The molecule has 0 unspecified atom stereocenters. The van der Waals surface area contributed by atoms with Gasteiger partial charge in [-0.05, 0) is 0 Å². The molecule has 66 valence electrons. The van der Waals surface area contributed by atoms with E-state index in [2.05, 4.69) is 15.0 Å². The molecule has 2 aromatic heterocycles. The van der Waals surface area contributed by atoms with Crippen LogP contribution in [0, 0.1) is 0 Å². The highest BCUT2D eigenvalue weighted by Gasteiger charge is 2.05. The number of fused-ring (bicyclic) bond motifs is 1. The van der Waals surface area contributed by atoms with Crippen LogP contribution in [0.3, 0.4) is 0 Å². The van der Waals surface area contributed by atoms with E-state index in [1.54, 1.807) is 0 Å². The Morgan fingerprint density at radius 1 is 1.54 bits per heavy atom. The van der Waals surface area contributed by atoms with Crippen molar-refractivity contribution < 1.29 is 9.90 Å². The standard InChI is InChI=1S/C7H6N4O2/c12-6(13)2-11-4-10-7-5(11)1-8-3-9-7/h1,3-4H,2H2,(H,12,13). The Balaban J connectivity index is 2.51. The lowest BCUT2D eigenvalue weighted by atomic mass is 10.5. The maximum atomic E-state index is 10.4. The molecular weight excluding hydrogens is 172 g/mol. The van der Waals surface area contributed by atoms with Crippen LogP contribution in [0.15, 0.2) is 18.9 Å². The minimum atomic E-state index is -0.914. The summed E-state index contributed by atoms with van der Waals surface area (Å²) in [6.07, 6.45) is 4.35. The van der Waals surface area contributed by atoms with Crippen LogP contribution < -0.4 is 0 Å². The molecular formula is C7H6N4O2. The molecule has 0 aromatic carbocycles. The molecule has 1 N–H and O–H groups in total. The van der Waals surface area contributed by atoms with Crippen LogP contribution >= 0.6 is 0 Å². The number of hydrogen-bond donors (Lipinski definition) is 1. The number of nitrogens with zero attached hydrogens (tertiary/aromatic N) is 4. The van der Waals surface area contributed by atoms with Crippen LogP contribution in [-0.2, 0) is 11.3 Å². The molecule has 0 fully saturated rings. The van der Waals surface area contributed by atoms with E-state index in [0.717, 1.165) is 0 Å². The van der Waals surface area contributed by atoms with Gasteiger partial charge in [-0.3, -0.25) is 4.79 Å². The van der Waals surface area contributed by atoms with Gasteiger partial charge in [0.05, 0.1) is 12.5 Å². The zero-order valence-electron chi connectivity index (χ0n) is 6.58. The molecule has 0 atom stereocenters. The van der Waals surface area contributed by atoms with Gasteiger partial charge in [0, 0.05) is 0 Å². The Morgan fingerprint density at radius 3 is 3.15 bits per heavy atom. The fraction of sp³-hybridized carbons (Fsp3) is 0.143. The molecule has 6 heteroatoms. The predicted molar refractivity (Wildman–Crippen MR) is 43.0 cm³/mol. The van der Waals surface area contributed by atoms with Crippen molar-refractivity contribution in [1.82, 2.24) is 19.5 Å². The number of hydrogen-bond acceptors (Lipinski definition) is 4. The maximum absolute atomic E-state index is 10.4. The van der Waals surface area contributed by atoms with Gasteiger partial charge in [-0.1, -0.05) is 0 Å². The van der Waals surface area contributed by atoms with Crippen LogP contribution in [-0.4, -0.2) is 30.6 Å². The molecule has 0 spiro atoms. The lowest BCUT2D eigenvalue weighted by Gasteiger charge is -1.96. The molecule has 0 saturated carbocycles. The quantitative estimate of drug-likeness (QED) is 0.695. The van der Waals surface area contributed by atoms with E-state index in [0.29, 0.717) is 11.2 Å². The fourth-order valence-corrected chi connectivity index (χ4v) is 1.08. The summed E-state index contributed by atoms with van der Waals surface area (Å²) < 4.78 is 1.48. The molecule has 0 radical (unpaired) electrons.